The first-order valence-corrected chi connectivity index (χ1v) is 10.4. The second-order valence-corrected chi connectivity index (χ2v) is 7.81. The molecule has 0 amide bonds. The van der Waals surface area contributed by atoms with Crippen LogP contribution in [0.25, 0.3) is 0 Å². The molecule has 0 aromatic heterocycles. The van der Waals surface area contributed by atoms with Crippen LogP contribution in [0.2, 0.25) is 5.02 Å². The van der Waals surface area contributed by atoms with Gasteiger partial charge >= 0.3 is 5.97 Å². The van der Waals surface area contributed by atoms with Gasteiger partial charge in [-0.2, -0.15) is 0 Å². The molecule has 0 bridgehead atoms. The number of hydrogen-bond acceptors (Lipinski definition) is 6. The van der Waals surface area contributed by atoms with Crippen molar-refractivity contribution in [2.45, 2.75) is 18.7 Å². The van der Waals surface area contributed by atoms with Gasteiger partial charge in [-0.15, -0.1) is 0 Å². The number of hydrogen-bond donors (Lipinski definition) is 0. The predicted octanol–water partition coefficient (Wildman–Crippen LogP) is 3.51. The van der Waals surface area contributed by atoms with E-state index in [9.17, 15) is 13.2 Å². The molecule has 0 atom stereocenters. The predicted molar refractivity (Wildman–Crippen MR) is 107 cm³/mol. The molecule has 0 heterocycles. The highest BCUT2D eigenvalue weighted by atomic mass is 35.5. The van der Waals surface area contributed by atoms with Gasteiger partial charge in [-0.25, -0.2) is 8.42 Å². The Bertz CT molecular complexity index is 915. The van der Waals surface area contributed by atoms with Gasteiger partial charge in [0.05, 0.1) is 35.9 Å². The lowest BCUT2D eigenvalue weighted by atomic mass is 10.3. The fourth-order valence-corrected chi connectivity index (χ4v) is 4.21. The van der Waals surface area contributed by atoms with Crippen LogP contribution in [0.3, 0.4) is 0 Å². The van der Waals surface area contributed by atoms with Crippen molar-refractivity contribution in [2.75, 3.05) is 31.2 Å². The zero-order valence-electron chi connectivity index (χ0n) is 15.8. The van der Waals surface area contributed by atoms with Crippen LogP contribution in [-0.4, -0.2) is 41.3 Å². The highest BCUT2D eigenvalue weighted by Crippen LogP contribution is 2.31. The number of anilines is 1. The van der Waals surface area contributed by atoms with Gasteiger partial charge in [0.25, 0.3) is 10.0 Å². The standard InChI is InChI=1S/C19H22ClNO6S/c1-4-26-15-8-6-14(7-9-15)21(13-19(22)27-5-2)28(23,24)16-10-11-18(25-3)17(20)12-16/h6-12H,4-5,13H2,1-3H3. The summed E-state index contributed by atoms with van der Waals surface area (Å²) in [6.45, 7) is 3.64. The summed E-state index contributed by atoms with van der Waals surface area (Å²) in [7, 11) is -2.66. The van der Waals surface area contributed by atoms with Crippen molar-refractivity contribution >= 4 is 33.3 Å². The monoisotopic (exact) mass is 427 g/mol. The molecule has 2 rings (SSSR count). The zero-order chi connectivity index (χ0) is 20.7. The maximum Gasteiger partial charge on any atom is 0.326 e. The van der Waals surface area contributed by atoms with Crippen molar-refractivity contribution < 1.29 is 27.4 Å². The maximum atomic E-state index is 13.2. The first-order valence-electron chi connectivity index (χ1n) is 8.58. The number of nitrogens with zero attached hydrogens (tertiary/aromatic N) is 1. The number of methoxy groups -OCH3 is 1. The van der Waals surface area contributed by atoms with Crippen molar-refractivity contribution in [3.05, 3.63) is 47.5 Å². The van der Waals surface area contributed by atoms with Crippen LogP contribution >= 0.6 is 11.6 Å². The fourth-order valence-electron chi connectivity index (χ4n) is 2.45. The lowest BCUT2D eigenvalue weighted by molar-refractivity contribution is -0.141. The van der Waals surface area contributed by atoms with Gasteiger partial charge in [-0.3, -0.25) is 9.10 Å². The largest absolute Gasteiger partial charge is 0.495 e. The topological polar surface area (TPSA) is 82.1 Å². The molecule has 0 fully saturated rings. The van der Waals surface area contributed by atoms with Crippen LogP contribution in [0.15, 0.2) is 47.4 Å². The first-order chi connectivity index (χ1) is 13.3. The summed E-state index contributed by atoms with van der Waals surface area (Å²) in [5.74, 6) is 0.269. The van der Waals surface area contributed by atoms with E-state index in [0.29, 0.717) is 23.8 Å². The van der Waals surface area contributed by atoms with Gasteiger partial charge in [0.2, 0.25) is 0 Å². The normalized spacial score (nSPS) is 11.0. The molecule has 0 spiro atoms. The summed E-state index contributed by atoms with van der Waals surface area (Å²) in [5, 5.41) is 0.145. The smallest absolute Gasteiger partial charge is 0.326 e. The lowest BCUT2D eigenvalue weighted by Gasteiger charge is -2.24. The van der Waals surface area contributed by atoms with E-state index in [1.165, 1.54) is 25.3 Å². The number of esters is 1. The molecule has 9 heteroatoms. The molecule has 2 aromatic rings. The Morgan fingerprint density at radius 1 is 1.07 bits per heavy atom. The van der Waals surface area contributed by atoms with Gasteiger partial charge in [0, 0.05) is 0 Å². The van der Waals surface area contributed by atoms with E-state index >= 15 is 0 Å². The first kappa shape index (κ1) is 21.8. The molecule has 0 aliphatic carbocycles. The third-order valence-electron chi connectivity index (χ3n) is 3.72. The lowest BCUT2D eigenvalue weighted by Crippen LogP contribution is -2.36. The molecule has 0 radical (unpaired) electrons. The minimum Gasteiger partial charge on any atom is -0.495 e. The number of benzene rings is 2. The molecule has 0 unspecified atom stereocenters. The van der Waals surface area contributed by atoms with Gasteiger partial charge < -0.3 is 14.2 Å². The Labute approximate surface area is 169 Å². The van der Waals surface area contributed by atoms with E-state index in [-0.39, 0.29) is 16.5 Å². The average Bonchev–Trinajstić information content (AvgIpc) is 2.67. The summed E-state index contributed by atoms with van der Waals surface area (Å²) in [5.41, 5.74) is 0.295. The number of carbonyl (C=O) groups excluding carboxylic acids is 1. The molecule has 28 heavy (non-hydrogen) atoms. The van der Waals surface area contributed by atoms with Crippen molar-refractivity contribution in [1.29, 1.82) is 0 Å². The van der Waals surface area contributed by atoms with Crippen LogP contribution < -0.4 is 13.8 Å². The quantitative estimate of drug-likeness (QED) is 0.569. The summed E-state index contributed by atoms with van der Waals surface area (Å²) in [4.78, 5) is 12.0. The summed E-state index contributed by atoms with van der Waals surface area (Å²) in [6.07, 6.45) is 0. The Morgan fingerprint density at radius 3 is 2.29 bits per heavy atom. The Balaban J connectivity index is 2.47. The number of carbonyl (C=O) groups is 1. The fraction of sp³-hybridized carbons (Fsp3) is 0.316. The third kappa shape index (κ3) is 5.08. The van der Waals surface area contributed by atoms with Crippen molar-refractivity contribution in [1.82, 2.24) is 0 Å². The van der Waals surface area contributed by atoms with Crippen molar-refractivity contribution in [3.63, 3.8) is 0 Å². The van der Waals surface area contributed by atoms with E-state index in [4.69, 9.17) is 25.8 Å². The zero-order valence-corrected chi connectivity index (χ0v) is 17.4. The molecular formula is C19H22ClNO6S. The van der Waals surface area contributed by atoms with E-state index < -0.39 is 22.5 Å². The van der Waals surface area contributed by atoms with Crippen molar-refractivity contribution in [2.24, 2.45) is 0 Å². The second-order valence-electron chi connectivity index (χ2n) is 5.54. The molecule has 152 valence electrons. The Hall–Kier alpha value is -2.45. The van der Waals surface area contributed by atoms with Crippen LogP contribution in [-0.2, 0) is 19.6 Å². The van der Waals surface area contributed by atoms with Gasteiger partial charge in [0.15, 0.2) is 0 Å². The van der Waals surface area contributed by atoms with E-state index in [1.54, 1.807) is 31.2 Å². The van der Waals surface area contributed by atoms with E-state index in [1.807, 2.05) is 6.92 Å². The minimum absolute atomic E-state index is 0.0727. The van der Waals surface area contributed by atoms with Gasteiger partial charge in [-0.05, 0) is 56.3 Å². The summed E-state index contributed by atoms with van der Waals surface area (Å²) in [6, 6.07) is 10.5. The maximum absolute atomic E-state index is 13.2. The van der Waals surface area contributed by atoms with E-state index in [2.05, 4.69) is 0 Å². The number of ether oxygens (including phenoxy) is 3. The summed E-state index contributed by atoms with van der Waals surface area (Å²) >= 11 is 6.08. The van der Waals surface area contributed by atoms with Crippen LogP contribution in [0.1, 0.15) is 13.8 Å². The highest BCUT2D eigenvalue weighted by molar-refractivity contribution is 7.92. The average molecular weight is 428 g/mol. The molecule has 0 aliphatic rings. The number of halogens is 1. The van der Waals surface area contributed by atoms with Gasteiger partial charge in [0.1, 0.15) is 18.0 Å². The Morgan fingerprint density at radius 2 is 1.75 bits per heavy atom. The molecule has 0 saturated heterocycles. The molecule has 2 aromatic carbocycles. The highest BCUT2D eigenvalue weighted by Gasteiger charge is 2.28. The van der Waals surface area contributed by atoms with Crippen LogP contribution in [0, 0.1) is 0 Å². The molecule has 7 nitrogen and oxygen atoms in total. The molecule has 0 aliphatic heterocycles. The molecule has 0 saturated carbocycles. The third-order valence-corrected chi connectivity index (χ3v) is 5.79. The minimum atomic E-state index is -4.09. The van der Waals surface area contributed by atoms with Gasteiger partial charge in [-0.1, -0.05) is 11.6 Å². The number of rotatable bonds is 9. The van der Waals surface area contributed by atoms with E-state index in [0.717, 1.165) is 4.31 Å². The molecule has 0 N–H and O–H groups in total. The van der Waals surface area contributed by atoms with Crippen LogP contribution in [0.4, 0.5) is 5.69 Å². The number of sulfonamides is 1. The molecular weight excluding hydrogens is 406 g/mol. The van der Waals surface area contributed by atoms with Crippen molar-refractivity contribution in [3.8, 4) is 11.5 Å². The summed E-state index contributed by atoms with van der Waals surface area (Å²) < 4.78 is 42.8. The second kappa shape index (κ2) is 9.66. The SMILES string of the molecule is CCOC(=O)CN(c1ccc(OCC)cc1)S(=O)(=O)c1ccc(OC)c(Cl)c1. The van der Waals surface area contributed by atoms with Crippen LogP contribution in [0.5, 0.6) is 11.5 Å². The Kier molecular flexibility index (Phi) is 7.53.